The van der Waals surface area contributed by atoms with Crippen LogP contribution in [0.1, 0.15) is 105 Å². The number of hydrogen-bond acceptors (Lipinski definition) is 14. The number of fused-ring (bicyclic) bond motifs is 2. The first kappa shape index (κ1) is 49.0. The van der Waals surface area contributed by atoms with Crippen molar-refractivity contribution in [1.82, 2.24) is 48.9 Å². The third kappa shape index (κ3) is 9.75. The fraction of sp³-hybridized carbons (Fsp3) is 0.471. The number of allylic oxidation sites excluding steroid dienone is 2. The SMILES string of the molecule is CCn1nc(C)cc1C(=O)Nc1nc2cc(C(N)=O)cc3c2n1C/C=C/Cn1c(NC(=O)c2cc(C)nn2CC)nc2cc(C(=O)NC4CCC(C(=O)OC)CC4)cc(c21)OC[C@@H](N1C2CCC1COC2)CO3. The number of carbonyl (C=O) groups excluding carboxylic acids is 5. The number of methoxy groups -OCH3 is 1. The number of imidazole rings is 2. The Balaban J connectivity index is 1.09. The molecule has 0 spiro atoms. The lowest BCUT2D eigenvalue weighted by Gasteiger charge is -2.40. The van der Waals surface area contributed by atoms with Crippen molar-refractivity contribution in [2.45, 2.75) is 117 Å². The Hall–Kier alpha value is -7.59. The molecule has 10 rings (SSSR count). The van der Waals surface area contributed by atoms with Gasteiger partial charge in [-0.1, -0.05) is 12.2 Å². The minimum absolute atomic E-state index is 0.0747. The normalized spacial score (nSPS) is 21.6. The first-order chi connectivity index (χ1) is 35.3. The zero-order valence-electron chi connectivity index (χ0n) is 41.7. The Bertz CT molecular complexity index is 3140. The van der Waals surface area contributed by atoms with Crippen molar-refractivity contribution in [2.24, 2.45) is 11.7 Å². The summed E-state index contributed by atoms with van der Waals surface area (Å²) in [6, 6.07) is 9.60. The molecule has 2 saturated heterocycles. The highest BCUT2D eigenvalue weighted by Gasteiger charge is 2.42. The fourth-order valence-electron chi connectivity index (χ4n) is 10.9. The van der Waals surface area contributed by atoms with Gasteiger partial charge in [0.05, 0.1) is 54.7 Å². The Kier molecular flexibility index (Phi) is 13.8. The van der Waals surface area contributed by atoms with E-state index in [-0.39, 0.29) is 79.7 Å². The number of nitrogens with two attached hydrogens (primary N) is 1. The number of anilines is 2. The van der Waals surface area contributed by atoms with Gasteiger partial charge < -0.3 is 39.1 Å². The van der Waals surface area contributed by atoms with Gasteiger partial charge in [0.15, 0.2) is 0 Å². The lowest BCUT2D eigenvalue weighted by atomic mass is 9.86. The maximum absolute atomic E-state index is 14.3. The van der Waals surface area contributed by atoms with E-state index >= 15 is 0 Å². The largest absolute Gasteiger partial charge is 0.490 e. The van der Waals surface area contributed by atoms with Crippen molar-refractivity contribution < 1.29 is 42.9 Å². The minimum atomic E-state index is -0.680. The topological polar surface area (TPSA) is 259 Å². The second-order valence-corrected chi connectivity index (χ2v) is 19.2. The van der Waals surface area contributed by atoms with Gasteiger partial charge in [-0.2, -0.15) is 10.2 Å². The molecule has 3 aliphatic heterocycles. The van der Waals surface area contributed by atoms with Gasteiger partial charge in [0, 0.05) is 55.4 Å². The van der Waals surface area contributed by atoms with Gasteiger partial charge in [-0.15, -0.1) is 0 Å². The van der Waals surface area contributed by atoms with Crippen LogP contribution in [0.4, 0.5) is 11.9 Å². The molecule has 3 fully saturated rings. The highest BCUT2D eigenvalue weighted by Crippen LogP contribution is 2.37. The number of nitrogens with zero attached hydrogens (tertiary/aromatic N) is 9. The molecule has 2 unspecified atom stereocenters. The van der Waals surface area contributed by atoms with E-state index in [0.29, 0.717) is 114 Å². The number of aryl methyl sites for hydroxylation is 4. The second kappa shape index (κ2) is 20.5. The molecule has 2 bridgehead atoms. The zero-order chi connectivity index (χ0) is 51.1. The Labute approximate surface area is 420 Å². The summed E-state index contributed by atoms with van der Waals surface area (Å²) in [6.45, 7) is 9.94. The summed E-state index contributed by atoms with van der Waals surface area (Å²) in [4.78, 5) is 79.9. The van der Waals surface area contributed by atoms with Crippen molar-refractivity contribution in [3.05, 3.63) is 82.5 Å². The average molecular weight is 1000 g/mol. The highest BCUT2D eigenvalue weighted by atomic mass is 16.5. The number of benzene rings is 2. The van der Waals surface area contributed by atoms with Crippen molar-refractivity contribution in [2.75, 3.05) is 44.2 Å². The standard InChI is InChI=1S/C51H61N13O9/c1-6-62-39(18-28(3)58-62)47(67)56-50-54-37-20-31(45(52)65)22-41-43(37)60(50)16-8-9-17-61-44-38(55-51(61)57-48(68)40-19-29(4)59-63(40)7-2)21-32(46(66)53-33-12-10-30(11-13-33)49(69)70-5)23-42(44)73-27-36(26-72-41)64-34-14-15-35(64)25-71-24-34/h8-9,18-23,30,33-36H,6-7,10-17,24-27H2,1-5H3,(H2,52,65)(H,53,66)(H,54,56,67)(H,55,57,68)/b9-8+/t30?,33?,34?,35?,36-/m0/s1. The zero-order valence-corrected chi connectivity index (χ0v) is 41.7. The number of nitrogens with one attached hydrogen (secondary N) is 3. The van der Waals surface area contributed by atoms with Crippen molar-refractivity contribution in [1.29, 1.82) is 0 Å². The second-order valence-electron chi connectivity index (χ2n) is 19.2. The molecule has 0 radical (unpaired) electrons. The van der Waals surface area contributed by atoms with Crippen LogP contribution in [0.15, 0.2) is 48.6 Å². The number of ether oxygens (including phenoxy) is 4. The number of morpholine rings is 1. The molecular weight excluding hydrogens is 939 g/mol. The lowest BCUT2D eigenvalue weighted by molar-refractivity contribution is -0.146. The van der Waals surface area contributed by atoms with Crippen molar-refractivity contribution >= 4 is 63.6 Å². The van der Waals surface area contributed by atoms with E-state index in [2.05, 4.69) is 31.0 Å². The number of primary amides is 1. The highest BCUT2D eigenvalue weighted by molar-refractivity contribution is 6.05. The van der Waals surface area contributed by atoms with Crippen LogP contribution in [0, 0.1) is 19.8 Å². The fourth-order valence-corrected chi connectivity index (χ4v) is 10.9. The average Bonchev–Trinajstić information content (AvgIpc) is 4.19. The summed E-state index contributed by atoms with van der Waals surface area (Å²) in [5, 5.41) is 18.2. The smallest absolute Gasteiger partial charge is 0.308 e. The van der Waals surface area contributed by atoms with Gasteiger partial charge in [0.1, 0.15) is 47.1 Å². The number of hydrogen-bond donors (Lipinski definition) is 4. The van der Waals surface area contributed by atoms with E-state index in [1.165, 1.54) is 7.11 Å². The summed E-state index contributed by atoms with van der Waals surface area (Å²) in [5.74, 6) is -1.24. The van der Waals surface area contributed by atoms with Crippen LogP contribution >= 0.6 is 0 Å². The van der Waals surface area contributed by atoms with Gasteiger partial charge in [0.2, 0.25) is 17.8 Å². The van der Waals surface area contributed by atoms with E-state index in [0.717, 1.165) is 12.8 Å². The van der Waals surface area contributed by atoms with Crippen LogP contribution < -0.4 is 31.2 Å². The molecule has 4 amide bonds. The van der Waals surface area contributed by atoms with E-state index in [1.54, 1.807) is 45.8 Å². The van der Waals surface area contributed by atoms with Crippen LogP contribution in [0.25, 0.3) is 22.1 Å². The summed E-state index contributed by atoms with van der Waals surface area (Å²) in [7, 11) is 1.39. The Morgan fingerprint density at radius 1 is 0.658 bits per heavy atom. The van der Waals surface area contributed by atoms with Crippen LogP contribution in [0.3, 0.4) is 0 Å². The van der Waals surface area contributed by atoms with Crippen LogP contribution in [0.5, 0.6) is 11.5 Å². The molecule has 6 aromatic rings. The van der Waals surface area contributed by atoms with Crippen LogP contribution in [-0.2, 0) is 40.4 Å². The number of aromatic nitrogens is 8. The predicted molar refractivity (Wildman–Crippen MR) is 268 cm³/mol. The Morgan fingerprint density at radius 2 is 1.16 bits per heavy atom. The molecule has 22 nitrogen and oxygen atoms in total. The molecule has 2 aromatic carbocycles. The molecule has 3 atom stereocenters. The van der Waals surface area contributed by atoms with Crippen molar-refractivity contribution in [3.8, 4) is 11.5 Å². The van der Waals surface area contributed by atoms with Gasteiger partial charge >= 0.3 is 5.97 Å². The van der Waals surface area contributed by atoms with E-state index in [9.17, 15) is 24.0 Å². The molecular formula is C51H61N13O9. The first-order valence-corrected chi connectivity index (χ1v) is 25.0. The molecule has 22 heteroatoms. The molecule has 384 valence electrons. The van der Waals surface area contributed by atoms with Crippen LogP contribution in [0.2, 0.25) is 0 Å². The van der Waals surface area contributed by atoms with E-state index in [4.69, 9.17) is 34.6 Å². The molecule has 7 heterocycles. The Morgan fingerprint density at radius 3 is 1.66 bits per heavy atom. The summed E-state index contributed by atoms with van der Waals surface area (Å²) in [5.41, 5.74) is 10.3. The predicted octanol–water partition coefficient (Wildman–Crippen LogP) is 4.76. The third-order valence-electron chi connectivity index (χ3n) is 14.4. The number of amides is 4. The molecule has 4 aromatic heterocycles. The lowest BCUT2D eigenvalue weighted by Crippen LogP contribution is -2.55. The van der Waals surface area contributed by atoms with Crippen molar-refractivity contribution in [3.63, 3.8) is 0 Å². The maximum Gasteiger partial charge on any atom is 0.308 e. The first-order valence-electron chi connectivity index (χ1n) is 25.0. The molecule has 1 saturated carbocycles. The number of esters is 1. The van der Waals surface area contributed by atoms with E-state index < -0.39 is 23.8 Å². The monoisotopic (exact) mass is 999 g/mol. The van der Waals surface area contributed by atoms with Gasteiger partial charge in [-0.3, -0.25) is 48.9 Å². The molecule has 73 heavy (non-hydrogen) atoms. The summed E-state index contributed by atoms with van der Waals surface area (Å²) < 4.78 is 31.7. The molecule has 4 aliphatic rings. The maximum atomic E-state index is 14.3. The minimum Gasteiger partial charge on any atom is -0.490 e. The third-order valence-corrected chi connectivity index (χ3v) is 14.4. The summed E-state index contributed by atoms with van der Waals surface area (Å²) in [6.07, 6.45) is 8.01. The van der Waals surface area contributed by atoms with Gasteiger partial charge in [-0.25, -0.2) is 9.97 Å². The number of rotatable bonds is 11. The quantitative estimate of drug-likeness (QED) is 0.101. The van der Waals surface area contributed by atoms with E-state index in [1.807, 2.05) is 49.0 Å². The number of carbonyl (C=O) groups is 5. The summed E-state index contributed by atoms with van der Waals surface area (Å²) >= 11 is 0. The molecule has 1 aliphatic carbocycles. The molecule has 5 N–H and O–H groups in total. The van der Waals surface area contributed by atoms with Gasteiger partial charge in [-0.05, 0) is 103 Å². The van der Waals surface area contributed by atoms with Gasteiger partial charge in [0.25, 0.3) is 17.7 Å². The van der Waals surface area contributed by atoms with Crippen LogP contribution in [-0.4, -0.2) is 131 Å².